The molecular weight excluding hydrogens is 192 g/mol. The lowest BCUT2D eigenvalue weighted by molar-refractivity contribution is -0.133. The van der Waals surface area contributed by atoms with Gasteiger partial charge in [0.1, 0.15) is 0 Å². The van der Waals surface area contributed by atoms with Gasteiger partial charge in [0.05, 0.1) is 18.8 Å². The summed E-state index contributed by atoms with van der Waals surface area (Å²) in [7, 11) is 0. The van der Waals surface area contributed by atoms with Gasteiger partial charge >= 0.3 is 5.97 Å². The standard InChI is InChI=1S/C12H14O3/c1-2-11(12(13)14)9-15-8-10-6-4-3-5-7-10/h2-7H,8-9H2,1H3,(H,13,14)/b11-2+. The van der Waals surface area contributed by atoms with Gasteiger partial charge in [-0.15, -0.1) is 0 Å². The Bertz CT molecular complexity index is 341. The highest BCUT2D eigenvalue weighted by atomic mass is 16.5. The SMILES string of the molecule is C/C=C(\COCc1ccccc1)C(=O)O. The van der Waals surface area contributed by atoms with E-state index in [9.17, 15) is 4.79 Å². The van der Waals surface area contributed by atoms with Crippen LogP contribution < -0.4 is 0 Å². The zero-order chi connectivity index (χ0) is 11.1. The van der Waals surface area contributed by atoms with E-state index in [1.165, 1.54) is 0 Å². The maximum atomic E-state index is 10.6. The predicted molar refractivity (Wildman–Crippen MR) is 57.5 cm³/mol. The largest absolute Gasteiger partial charge is 0.478 e. The van der Waals surface area contributed by atoms with Gasteiger partial charge in [0.2, 0.25) is 0 Å². The minimum atomic E-state index is -0.925. The number of carboxylic acid groups (broad SMARTS) is 1. The molecule has 0 bridgehead atoms. The smallest absolute Gasteiger partial charge is 0.333 e. The third-order valence-corrected chi connectivity index (χ3v) is 1.99. The number of benzene rings is 1. The summed E-state index contributed by atoms with van der Waals surface area (Å²) in [5.41, 5.74) is 1.32. The fourth-order valence-corrected chi connectivity index (χ4v) is 1.12. The highest BCUT2D eigenvalue weighted by molar-refractivity contribution is 5.86. The van der Waals surface area contributed by atoms with Gasteiger partial charge in [-0.25, -0.2) is 4.79 Å². The van der Waals surface area contributed by atoms with Crippen LogP contribution in [0.5, 0.6) is 0 Å². The lowest BCUT2D eigenvalue weighted by Crippen LogP contribution is -2.07. The topological polar surface area (TPSA) is 46.5 Å². The second kappa shape index (κ2) is 5.98. The molecule has 0 heterocycles. The lowest BCUT2D eigenvalue weighted by atomic mass is 10.2. The molecule has 0 saturated heterocycles. The van der Waals surface area contributed by atoms with Gasteiger partial charge in [0.15, 0.2) is 0 Å². The van der Waals surface area contributed by atoms with Crippen LogP contribution >= 0.6 is 0 Å². The van der Waals surface area contributed by atoms with Crippen molar-refractivity contribution in [3.63, 3.8) is 0 Å². The quantitative estimate of drug-likeness (QED) is 0.751. The molecule has 3 nitrogen and oxygen atoms in total. The molecule has 0 spiro atoms. The van der Waals surface area contributed by atoms with E-state index in [0.717, 1.165) is 5.56 Å². The first kappa shape index (κ1) is 11.5. The molecular formula is C12H14O3. The zero-order valence-electron chi connectivity index (χ0n) is 8.64. The molecule has 15 heavy (non-hydrogen) atoms. The Balaban J connectivity index is 2.37. The Kier molecular flexibility index (Phi) is 4.57. The van der Waals surface area contributed by atoms with E-state index in [2.05, 4.69) is 0 Å². The molecule has 0 amide bonds. The third-order valence-electron chi connectivity index (χ3n) is 1.99. The highest BCUT2D eigenvalue weighted by Gasteiger charge is 2.05. The fraction of sp³-hybridized carbons (Fsp3) is 0.250. The molecule has 0 unspecified atom stereocenters. The first-order chi connectivity index (χ1) is 7.24. The van der Waals surface area contributed by atoms with Gasteiger partial charge < -0.3 is 9.84 Å². The summed E-state index contributed by atoms with van der Waals surface area (Å²) in [4.78, 5) is 10.6. The number of allylic oxidation sites excluding steroid dienone is 1. The van der Waals surface area contributed by atoms with Gasteiger partial charge in [-0.05, 0) is 12.5 Å². The molecule has 0 aliphatic carbocycles. The summed E-state index contributed by atoms with van der Waals surface area (Å²) in [6, 6.07) is 9.66. The van der Waals surface area contributed by atoms with Crippen LogP contribution in [0.1, 0.15) is 12.5 Å². The molecule has 0 aromatic heterocycles. The van der Waals surface area contributed by atoms with Crippen LogP contribution in [0.4, 0.5) is 0 Å². The Labute approximate surface area is 89.0 Å². The van der Waals surface area contributed by atoms with Crippen LogP contribution in [0, 0.1) is 0 Å². The molecule has 0 radical (unpaired) electrons. The molecule has 1 aromatic carbocycles. The first-order valence-electron chi connectivity index (χ1n) is 4.74. The van der Waals surface area contributed by atoms with Gasteiger partial charge in [-0.1, -0.05) is 36.4 Å². The van der Waals surface area contributed by atoms with Crippen molar-refractivity contribution in [2.45, 2.75) is 13.5 Å². The van der Waals surface area contributed by atoms with Crippen LogP contribution in [0.15, 0.2) is 42.0 Å². The number of hydrogen-bond donors (Lipinski definition) is 1. The number of rotatable bonds is 5. The van der Waals surface area contributed by atoms with E-state index in [-0.39, 0.29) is 12.2 Å². The van der Waals surface area contributed by atoms with Crippen molar-refractivity contribution in [1.82, 2.24) is 0 Å². The minimum Gasteiger partial charge on any atom is -0.478 e. The van der Waals surface area contributed by atoms with E-state index in [1.54, 1.807) is 13.0 Å². The minimum absolute atomic E-state index is 0.140. The predicted octanol–water partition coefficient (Wildman–Crippen LogP) is 2.23. The molecule has 0 fully saturated rings. The second-order valence-electron chi connectivity index (χ2n) is 3.10. The molecule has 3 heteroatoms. The van der Waals surface area contributed by atoms with Crippen LogP contribution in [0.25, 0.3) is 0 Å². The van der Waals surface area contributed by atoms with E-state index < -0.39 is 5.97 Å². The normalized spacial score (nSPS) is 11.4. The van der Waals surface area contributed by atoms with Crippen LogP contribution in [-0.2, 0) is 16.1 Å². The summed E-state index contributed by atoms with van der Waals surface area (Å²) < 4.78 is 5.28. The van der Waals surface area contributed by atoms with Gasteiger partial charge in [-0.3, -0.25) is 0 Å². The second-order valence-corrected chi connectivity index (χ2v) is 3.10. The molecule has 0 saturated carbocycles. The summed E-state index contributed by atoms with van der Waals surface area (Å²) in [6.07, 6.45) is 1.55. The van der Waals surface area contributed by atoms with E-state index in [1.807, 2.05) is 30.3 Å². The maximum Gasteiger partial charge on any atom is 0.333 e. The summed E-state index contributed by atoms with van der Waals surface area (Å²) in [5, 5.41) is 8.72. The molecule has 0 aliphatic rings. The third kappa shape index (κ3) is 3.95. The number of carbonyl (C=O) groups is 1. The molecule has 1 rings (SSSR count). The van der Waals surface area contributed by atoms with Gasteiger partial charge in [0.25, 0.3) is 0 Å². The van der Waals surface area contributed by atoms with Crippen molar-refractivity contribution < 1.29 is 14.6 Å². The van der Waals surface area contributed by atoms with E-state index in [0.29, 0.717) is 6.61 Å². The summed E-state index contributed by atoms with van der Waals surface area (Å²) in [5.74, 6) is -0.925. The molecule has 1 N–H and O–H groups in total. The van der Waals surface area contributed by atoms with Gasteiger partial charge in [0, 0.05) is 0 Å². The average molecular weight is 206 g/mol. The van der Waals surface area contributed by atoms with Crippen molar-refractivity contribution in [2.75, 3.05) is 6.61 Å². The van der Waals surface area contributed by atoms with Crippen molar-refractivity contribution >= 4 is 5.97 Å². The van der Waals surface area contributed by atoms with Crippen molar-refractivity contribution in [3.8, 4) is 0 Å². The van der Waals surface area contributed by atoms with Crippen LogP contribution in [-0.4, -0.2) is 17.7 Å². The number of aliphatic carboxylic acids is 1. The Hall–Kier alpha value is -1.61. The Morgan fingerprint density at radius 1 is 1.40 bits per heavy atom. The first-order valence-corrected chi connectivity index (χ1v) is 4.74. The summed E-state index contributed by atoms with van der Waals surface area (Å²) >= 11 is 0. The molecule has 0 aliphatic heterocycles. The Morgan fingerprint density at radius 2 is 2.07 bits per heavy atom. The lowest BCUT2D eigenvalue weighted by Gasteiger charge is -2.04. The molecule has 80 valence electrons. The van der Waals surface area contributed by atoms with E-state index >= 15 is 0 Å². The van der Waals surface area contributed by atoms with Crippen LogP contribution in [0.3, 0.4) is 0 Å². The van der Waals surface area contributed by atoms with Gasteiger partial charge in [-0.2, -0.15) is 0 Å². The number of ether oxygens (including phenoxy) is 1. The Morgan fingerprint density at radius 3 is 2.60 bits per heavy atom. The highest BCUT2D eigenvalue weighted by Crippen LogP contribution is 2.03. The monoisotopic (exact) mass is 206 g/mol. The van der Waals surface area contributed by atoms with E-state index in [4.69, 9.17) is 9.84 Å². The number of carboxylic acids is 1. The van der Waals surface area contributed by atoms with Crippen molar-refractivity contribution in [2.24, 2.45) is 0 Å². The van der Waals surface area contributed by atoms with Crippen molar-refractivity contribution in [1.29, 1.82) is 0 Å². The van der Waals surface area contributed by atoms with Crippen LogP contribution in [0.2, 0.25) is 0 Å². The number of hydrogen-bond acceptors (Lipinski definition) is 2. The summed E-state index contributed by atoms with van der Waals surface area (Å²) in [6.45, 7) is 2.27. The molecule has 0 atom stereocenters. The van der Waals surface area contributed by atoms with Crippen molar-refractivity contribution in [3.05, 3.63) is 47.5 Å². The maximum absolute atomic E-state index is 10.6. The fourth-order valence-electron chi connectivity index (χ4n) is 1.12. The average Bonchev–Trinajstić information content (AvgIpc) is 2.25. The molecule has 1 aromatic rings. The zero-order valence-corrected chi connectivity index (χ0v) is 8.64.